The first-order valence-corrected chi connectivity index (χ1v) is 8.57. The first-order valence-electron chi connectivity index (χ1n) is 8.57. The minimum absolute atomic E-state index is 0.0433. The van der Waals surface area contributed by atoms with E-state index in [0.717, 1.165) is 41.3 Å². The molecule has 1 fully saturated rings. The molecule has 1 aliphatic heterocycles. The molecule has 2 aromatic rings. The summed E-state index contributed by atoms with van der Waals surface area (Å²) < 4.78 is 11.2. The summed E-state index contributed by atoms with van der Waals surface area (Å²) in [5, 5.41) is 3.06. The Bertz CT molecular complexity index is 795. The van der Waals surface area contributed by atoms with E-state index in [9.17, 15) is 4.79 Å². The highest BCUT2D eigenvalue weighted by atomic mass is 16.6. The summed E-state index contributed by atoms with van der Waals surface area (Å²) in [6.07, 6.45) is 1.71. The van der Waals surface area contributed by atoms with Gasteiger partial charge in [-0.1, -0.05) is 6.07 Å². The summed E-state index contributed by atoms with van der Waals surface area (Å²) in [6, 6.07) is 13.7. The van der Waals surface area contributed by atoms with Gasteiger partial charge in [-0.3, -0.25) is 4.79 Å². The van der Waals surface area contributed by atoms with Crippen LogP contribution in [0.2, 0.25) is 0 Å². The molecule has 0 radical (unpaired) electrons. The van der Waals surface area contributed by atoms with Crippen LogP contribution in [0.3, 0.4) is 0 Å². The van der Waals surface area contributed by atoms with Crippen molar-refractivity contribution >= 4 is 17.3 Å². The number of hydrogen-bond donors (Lipinski definition) is 1. The highest BCUT2D eigenvalue weighted by Gasteiger charge is 2.51. The van der Waals surface area contributed by atoms with Gasteiger partial charge in [0.2, 0.25) is 5.91 Å². The van der Waals surface area contributed by atoms with E-state index in [0.29, 0.717) is 13.2 Å². The zero-order valence-corrected chi connectivity index (χ0v) is 14.5. The molecule has 5 heteroatoms. The van der Waals surface area contributed by atoms with Gasteiger partial charge in [-0.15, -0.1) is 0 Å². The molecule has 0 unspecified atom stereocenters. The van der Waals surface area contributed by atoms with Gasteiger partial charge in [0.15, 0.2) is 11.5 Å². The molecule has 25 heavy (non-hydrogen) atoms. The SMILES string of the molecule is CN(C)c1ccc(NC(=O)C2(c3ccc4c(c3)OCCO4)CC2)cc1. The second-order valence-electron chi connectivity index (χ2n) is 6.84. The molecule has 1 aliphatic carbocycles. The summed E-state index contributed by atoms with van der Waals surface area (Å²) >= 11 is 0. The Morgan fingerprint density at radius 3 is 2.32 bits per heavy atom. The molecule has 1 N–H and O–H groups in total. The minimum Gasteiger partial charge on any atom is -0.486 e. The van der Waals surface area contributed by atoms with E-state index >= 15 is 0 Å². The lowest BCUT2D eigenvalue weighted by molar-refractivity contribution is -0.118. The number of hydrogen-bond acceptors (Lipinski definition) is 4. The fraction of sp³-hybridized carbons (Fsp3) is 0.350. The monoisotopic (exact) mass is 338 g/mol. The second-order valence-corrected chi connectivity index (χ2v) is 6.84. The summed E-state index contributed by atoms with van der Waals surface area (Å²) in [5.74, 6) is 1.53. The average Bonchev–Trinajstić information content (AvgIpc) is 3.44. The van der Waals surface area contributed by atoms with Gasteiger partial charge >= 0.3 is 0 Å². The van der Waals surface area contributed by atoms with Gasteiger partial charge in [0.05, 0.1) is 5.41 Å². The number of rotatable bonds is 4. The maximum atomic E-state index is 12.9. The van der Waals surface area contributed by atoms with Crippen LogP contribution in [-0.2, 0) is 10.2 Å². The number of benzene rings is 2. The van der Waals surface area contributed by atoms with E-state index < -0.39 is 5.41 Å². The maximum absolute atomic E-state index is 12.9. The van der Waals surface area contributed by atoms with E-state index in [-0.39, 0.29) is 5.91 Å². The predicted octanol–water partition coefficient (Wildman–Crippen LogP) is 3.19. The molecule has 0 spiro atoms. The molecule has 0 aromatic heterocycles. The lowest BCUT2D eigenvalue weighted by Crippen LogP contribution is -2.28. The van der Waals surface area contributed by atoms with Gasteiger partial charge < -0.3 is 19.7 Å². The first kappa shape index (κ1) is 15.8. The van der Waals surface area contributed by atoms with Gasteiger partial charge in [-0.2, -0.15) is 0 Å². The number of nitrogens with zero attached hydrogens (tertiary/aromatic N) is 1. The molecule has 2 aliphatic rings. The van der Waals surface area contributed by atoms with E-state index in [2.05, 4.69) is 5.32 Å². The maximum Gasteiger partial charge on any atom is 0.235 e. The Balaban J connectivity index is 1.53. The Hall–Kier alpha value is -2.69. The molecule has 130 valence electrons. The van der Waals surface area contributed by atoms with E-state index in [4.69, 9.17) is 9.47 Å². The van der Waals surface area contributed by atoms with Crippen molar-refractivity contribution in [1.29, 1.82) is 0 Å². The van der Waals surface area contributed by atoms with Crippen LogP contribution in [-0.4, -0.2) is 33.2 Å². The largest absolute Gasteiger partial charge is 0.486 e. The fourth-order valence-corrected chi connectivity index (χ4v) is 3.21. The van der Waals surface area contributed by atoms with Crippen LogP contribution in [0, 0.1) is 0 Å². The zero-order chi connectivity index (χ0) is 17.4. The molecule has 0 bridgehead atoms. The van der Waals surface area contributed by atoms with Gasteiger partial charge in [0, 0.05) is 25.5 Å². The molecule has 2 aromatic carbocycles. The highest BCUT2D eigenvalue weighted by Crippen LogP contribution is 2.50. The highest BCUT2D eigenvalue weighted by molar-refractivity contribution is 6.01. The second kappa shape index (κ2) is 5.99. The molecule has 5 nitrogen and oxygen atoms in total. The molecule has 4 rings (SSSR count). The predicted molar refractivity (Wildman–Crippen MR) is 97.7 cm³/mol. The Labute approximate surface area is 147 Å². The van der Waals surface area contributed by atoms with E-state index in [1.807, 2.05) is 61.5 Å². The van der Waals surface area contributed by atoms with Crippen molar-refractivity contribution in [2.45, 2.75) is 18.3 Å². The molecular weight excluding hydrogens is 316 g/mol. The van der Waals surface area contributed by atoms with Crippen LogP contribution in [0.4, 0.5) is 11.4 Å². The third kappa shape index (κ3) is 2.90. The smallest absolute Gasteiger partial charge is 0.235 e. The zero-order valence-electron chi connectivity index (χ0n) is 14.5. The number of amides is 1. The molecule has 1 saturated carbocycles. The van der Waals surface area contributed by atoms with Crippen molar-refractivity contribution in [3.05, 3.63) is 48.0 Å². The van der Waals surface area contributed by atoms with Crippen LogP contribution < -0.4 is 19.7 Å². The van der Waals surface area contributed by atoms with Gasteiger partial charge in [0.1, 0.15) is 13.2 Å². The van der Waals surface area contributed by atoms with Gasteiger partial charge in [0.25, 0.3) is 0 Å². The Morgan fingerprint density at radius 1 is 1.00 bits per heavy atom. The van der Waals surface area contributed by atoms with Crippen molar-refractivity contribution in [3.8, 4) is 11.5 Å². The number of ether oxygens (including phenoxy) is 2. The fourth-order valence-electron chi connectivity index (χ4n) is 3.21. The van der Waals surface area contributed by atoms with E-state index in [1.54, 1.807) is 0 Å². The van der Waals surface area contributed by atoms with Crippen LogP contribution in [0.15, 0.2) is 42.5 Å². The van der Waals surface area contributed by atoms with Crippen LogP contribution in [0.5, 0.6) is 11.5 Å². The summed E-state index contributed by atoms with van der Waals surface area (Å²) in [7, 11) is 3.99. The Kier molecular flexibility index (Phi) is 3.79. The summed E-state index contributed by atoms with van der Waals surface area (Å²) in [4.78, 5) is 14.9. The van der Waals surface area contributed by atoms with Crippen molar-refractivity contribution in [1.82, 2.24) is 0 Å². The van der Waals surface area contributed by atoms with Crippen molar-refractivity contribution in [2.24, 2.45) is 0 Å². The lowest BCUT2D eigenvalue weighted by atomic mass is 9.94. The van der Waals surface area contributed by atoms with Crippen molar-refractivity contribution in [2.75, 3.05) is 37.5 Å². The molecule has 1 heterocycles. The number of carbonyl (C=O) groups excluding carboxylic acids is 1. The topological polar surface area (TPSA) is 50.8 Å². The number of anilines is 2. The first-order chi connectivity index (χ1) is 12.1. The average molecular weight is 338 g/mol. The molecule has 0 saturated heterocycles. The van der Waals surface area contributed by atoms with Crippen LogP contribution >= 0.6 is 0 Å². The Morgan fingerprint density at radius 2 is 1.68 bits per heavy atom. The van der Waals surface area contributed by atoms with Gasteiger partial charge in [-0.05, 0) is 54.8 Å². The molecular formula is C20H22N2O3. The number of carbonyl (C=O) groups is 1. The van der Waals surface area contributed by atoms with Crippen molar-refractivity contribution < 1.29 is 14.3 Å². The van der Waals surface area contributed by atoms with Crippen LogP contribution in [0.25, 0.3) is 0 Å². The van der Waals surface area contributed by atoms with Crippen LogP contribution in [0.1, 0.15) is 18.4 Å². The quantitative estimate of drug-likeness (QED) is 0.930. The third-order valence-electron chi connectivity index (χ3n) is 4.92. The standard InChI is InChI=1S/C20H22N2O3/c1-22(2)16-6-4-15(5-7-16)21-19(23)20(9-10-20)14-3-8-17-18(13-14)25-12-11-24-17/h3-8,13H,9-12H2,1-2H3,(H,21,23). The normalized spacial score (nSPS) is 16.9. The third-order valence-corrected chi connectivity index (χ3v) is 4.92. The molecule has 0 atom stereocenters. The minimum atomic E-state index is -0.448. The van der Waals surface area contributed by atoms with E-state index in [1.165, 1.54) is 0 Å². The summed E-state index contributed by atoms with van der Waals surface area (Å²) in [6.45, 7) is 1.12. The molecule has 1 amide bonds. The summed E-state index contributed by atoms with van der Waals surface area (Å²) in [5.41, 5.74) is 2.47. The number of fused-ring (bicyclic) bond motifs is 1. The lowest BCUT2D eigenvalue weighted by Gasteiger charge is -2.22. The number of nitrogens with one attached hydrogen (secondary N) is 1. The van der Waals surface area contributed by atoms with Crippen molar-refractivity contribution in [3.63, 3.8) is 0 Å². The van der Waals surface area contributed by atoms with Gasteiger partial charge in [-0.25, -0.2) is 0 Å².